The van der Waals surface area contributed by atoms with Crippen molar-refractivity contribution >= 4 is 23.1 Å². The number of piperidine rings is 1. The molecule has 4 aromatic rings. The number of hydrogen-bond acceptors (Lipinski definition) is 4. The van der Waals surface area contributed by atoms with Crippen molar-refractivity contribution in [3.8, 4) is 5.69 Å². The van der Waals surface area contributed by atoms with Gasteiger partial charge in [-0.2, -0.15) is 4.39 Å². The largest absolute Gasteiger partial charge is 0.324 e. The van der Waals surface area contributed by atoms with Crippen LogP contribution in [0.4, 0.5) is 10.1 Å². The molecule has 2 amide bonds. The molecule has 1 aliphatic carbocycles. The van der Waals surface area contributed by atoms with Crippen LogP contribution in [0.2, 0.25) is 0 Å². The Bertz CT molecular complexity index is 1390. The number of aryl methyl sites for hydroxylation is 1. The van der Waals surface area contributed by atoms with Gasteiger partial charge in [-0.05, 0) is 62.1 Å². The second-order valence-electron chi connectivity index (χ2n) is 8.69. The number of amides is 2. The Morgan fingerprint density at radius 2 is 1.91 bits per heavy atom. The molecule has 1 aromatic carbocycles. The van der Waals surface area contributed by atoms with Gasteiger partial charge < -0.3 is 14.8 Å². The molecule has 8 nitrogen and oxygen atoms in total. The first-order valence-corrected chi connectivity index (χ1v) is 10.9. The molecule has 4 heterocycles. The van der Waals surface area contributed by atoms with Gasteiger partial charge in [-0.25, -0.2) is 9.97 Å². The van der Waals surface area contributed by atoms with Gasteiger partial charge in [0.05, 0.1) is 12.0 Å². The minimum Gasteiger partial charge on any atom is -0.324 e. The highest BCUT2D eigenvalue weighted by Crippen LogP contribution is 2.48. The fourth-order valence-electron chi connectivity index (χ4n) is 4.70. The van der Waals surface area contributed by atoms with Crippen molar-refractivity contribution in [3.05, 3.63) is 78.5 Å². The van der Waals surface area contributed by atoms with Crippen LogP contribution in [-0.4, -0.2) is 47.7 Å². The molecule has 6 rings (SSSR count). The van der Waals surface area contributed by atoms with E-state index < -0.39 is 12.0 Å². The van der Waals surface area contributed by atoms with Gasteiger partial charge >= 0.3 is 0 Å². The Hall–Kier alpha value is -4.01. The lowest BCUT2D eigenvalue weighted by Crippen LogP contribution is -2.45. The zero-order chi connectivity index (χ0) is 22.7. The predicted octanol–water partition coefficient (Wildman–Crippen LogP) is 3.21. The number of imidazole rings is 2. The van der Waals surface area contributed by atoms with Crippen molar-refractivity contribution < 1.29 is 14.0 Å². The number of aromatic nitrogens is 4. The molecule has 0 radical (unpaired) electrons. The molecule has 0 bridgehead atoms. The summed E-state index contributed by atoms with van der Waals surface area (Å²) in [6.07, 6.45) is 6.57. The Labute approximate surface area is 188 Å². The summed E-state index contributed by atoms with van der Waals surface area (Å²) in [4.78, 5) is 36.5. The van der Waals surface area contributed by atoms with E-state index >= 15 is 0 Å². The van der Waals surface area contributed by atoms with E-state index in [0.29, 0.717) is 23.7 Å². The van der Waals surface area contributed by atoms with E-state index in [9.17, 15) is 14.0 Å². The van der Waals surface area contributed by atoms with E-state index in [0.717, 1.165) is 17.8 Å². The number of carbonyl (C=O) groups is 2. The maximum atomic E-state index is 14.0. The van der Waals surface area contributed by atoms with Gasteiger partial charge in [0, 0.05) is 29.8 Å². The standard InChI is InChI=1S/C24H21FN6O2/c1-14-11-29(13-26-14)17-7-5-16(6-8-17)27-23(32)20-10-15-9-19(15)31(20)24(33)18-12-30-21(25)3-2-4-22(30)28-18/h2-8,11-13,15,19-20H,9-10H2,1H3,(H,27,32)/t15-,19-,20-/m1/s1. The number of rotatable bonds is 4. The van der Waals surface area contributed by atoms with E-state index in [4.69, 9.17) is 0 Å². The monoisotopic (exact) mass is 444 g/mol. The fraction of sp³-hybridized carbons (Fsp3) is 0.250. The summed E-state index contributed by atoms with van der Waals surface area (Å²) in [5, 5.41) is 2.94. The second kappa shape index (κ2) is 7.26. The highest BCUT2D eigenvalue weighted by atomic mass is 19.1. The summed E-state index contributed by atoms with van der Waals surface area (Å²) < 4.78 is 17.2. The molecule has 2 fully saturated rings. The number of fused-ring (bicyclic) bond motifs is 2. The molecule has 0 spiro atoms. The molecule has 9 heteroatoms. The van der Waals surface area contributed by atoms with Crippen LogP contribution in [-0.2, 0) is 4.79 Å². The maximum Gasteiger partial charge on any atom is 0.275 e. The van der Waals surface area contributed by atoms with E-state index in [2.05, 4.69) is 15.3 Å². The Morgan fingerprint density at radius 1 is 1.09 bits per heavy atom. The Balaban J connectivity index is 1.21. The van der Waals surface area contributed by atoms with Crippen molar-refractivity contribution in [2.24, 2.45) is 5.92 Å². The van der Waals surface area contributed by atoms with Crippen LogP contribution in [0.15, 0.2) is 61.2 Å². The smallest absolute Gasteiger partial charge is 0.275 e. The predicted molar refractivity (Wildman–Crippen MR) is 119 cm³/mol. The average Bonchev–Trinajstić information content (AvgIpc) is 3.16. The van der Waals surface area contributed by atoms with E-state index in [1.165, 1.54) is 16.7 Å². The van der Waals surface area contributed by atoms with Crippen LogP contribution in [0.1, 0.15) is 29.0 Å². The third-order valence-electron chi connectivity index (χ3n) is 6.45. The number of nitrogens with zero attached hydrogens (tertiary/aromatic N) is 5. The molecule has 1 saturated carbocycles. The molecule has 166 valence electrons. The number of benzene rings is 1. The first-order chi connectivity index (χ1) is 16.0. The summed E-state index contributed by atoms with van der Waals surface area (Å²) in [7, 11) is 0. The summed E-state index contributed by atoms with van der Waals surface area (Å²) in [6.45, 7) is 1.92. The van der Waals surface area contributed by atoms with Crippen LogP contribution >= 0.6 is 0 Å². The zero-order valence-electron chi connectivity index (χ0n) is 17.9. The maximum absolute atomic E-state index is 14.0. The molecule has 33 heavy (non-hydrogen) atoms. The number of pyridine rings is 1. The first-order valence-electron chi connectivity index (χ1n) is 10.9. The van der Waals surface area contributed by atoms with Crippen LogP contribution < -0.4 is 5.32 Å². The molecule has 3 aromatic heterocycles. The van der Waals surface area contributed by atoms with E-state index in [1.807, 2.05) is 42.0 Å². The fourth-order valence-corrected chi connectivity index (χ4v) is 4.70. The molecule has 3 atom stereocenters. The lowest BCUT2D eigenvalue weighted by Gasteiger charge is -2.26. The SMILES string of the molecule is Cc1cn(-c2ccc(NC(=O)[C@H]3C[C@H]4C[C@H]4N3C(=O)c3cn4c(F)cccc4n3)cc2)cn1. The van der Waals surface area contributed by atoms with Gasteiger partial charge in [-0.1, -0.05) is 6.07 Å². The minimum absolute atomic E-state index is 0.0368. The zero-order valence-corrected chi connectivity index (χ0v) is 17.9. The molecular formula is C24H21FN6O2. The summed E-state index contributed by atoms with van der Waals surface area (Å²) >= 11 is 0. The average molecular weight is 444 g/mol. The molecule has 0 unspecified atom stereocenters. The second-order valence-corrected chi connectivity index (χ2v) is 8.69. The number of likely N-dealkylation sites (tertiary alicyclic amines) is 1. The molecular weight excluding hydrogens is 423 g/mol. The van der Waals surface area contributed by atoms with Gasteiger partial charge in [0.25, 0.3) is 5.91 Å². The van der Waals surface area contributed by atoms with Crippen LogP contribution in [0.25, 0.3) is 11.3 Å². The van der Waals surface area contributed by atoms with Gasteiger partial charge in [0.15, 0.2) is 5.95 Å². The lowest BCUT2D eigenvalue weighted by molar-refractivity contribution is -0.120. The molecule has 1 saturated heterocycles. The molecule has 1 N–H and O–H groups in total. The Morgan fingerprint density at radius 3 is 2.64 bits per heavy atom. The quantitative estimate of drug-likeness (QED) is 0.490. The van der Waals surface area contributed by atoms with Gasteiger partial charge in [0.1, 0.15) is 17.4 Å². The Kier molecular flexibility index (Phi) is 4.33. The third kappa shape index (κ3) is 3.36. The summed E-state index contributed by atoms with van der Waals surface area (Å²) in [6, 6.07) is 11.4. The van der Waals surface area contributed by atoms with E-state index in [-0.39, 0.29) is 23.6 Å². The van der Waals surface area contributed by atoms with Crippen LogP contribution in [0, 0.1) is 18.8 Å². The number of hydrogen-bond donors (Lipinski definition) is 1. The van der Waals surface area contributed by atoms with Gasteiger partial charge in [0.2, 0.25) is 5.91 Å². The van der Waals surface area contributed by atoms with Gasteiger partial charge in [-0.15, -0.1) is 0 Å². The van der Waals surface area contributed by atoms with Crippen molar-refractivity contribution in [3.63, 3.8) is 0 Å². The number of nitrogens with one attached hydrogen (secondary N) is 1. The van der Waals surface area contributed by atoms with Gasteiger partial charge in [-0.3, -0.25) is 14.0 Å². The minimum atomic E-state index is -0.577. The topological polar surface area (TPSA) is 84.5 Å². The number of anilines is 1. The third-order valence-corrected chi connectivity index (χ3v) is 6.45. The summed E-state index contributed by atoms with van der Waals surface area (Å²) in [5.41, 5.74) is 3.02. The van der Waals surface area contributed by atoms with Crippen LogP contribution in [0.3, 0.4) is 0 Å². The highest BCUT2D eigenvalue weighted by Gasteiger charge is 2.56. The van der Waals surface area contributed by atoms with Crippen LogP contribution in [0.5, 0.6) is 0 Å². The molecule has 1 aliphatic heterocycles. The molecule has 2 aliphatic rings. The number of halogens is 1. The number of carbonyl (C=O) groups excluding carboxylic acids is 2. The van der Waals surface area contributed by atoms with Crippen molar-refractivity contribution in [2.75, 3.05) is 5.32 Å². The van der Waals surface area contributed by atoms with Crippen molar-refractivity contribution in [1.82, 2.24) is 23.8 Å². The normalized spacial score (nSPS) is 21.3. The van der Waals surface area contributed by atoms with Crippen molar-refractivity contribution in [2.45, 2.75) is 31.8 Å². The lowest BCUT2D eigenvalue weighted by atomic mass is 10.1. The van der Waals surface area contributed by atoms with E-state index in [1.54, 1.807) is 23.4 Å². The highest BCUT2D eigenvalue weighted by molar-refractivity contribution is 6.01. The first kappa shape index (κ1) is 19.7. The summed E-state index contributed by atoms with van der Waals surface area (Å²) in [5.74, 6) is -0.732. The van der Waals surface area contributed by atoms with Crippen molar-refractivity contribution in [1.29, 1.82) is 0 Å².